The number of nitrogens with one attached hydrogen (secondary N) is 1. The molecule has 0 saturated heterocycles. The van der Waals surface area contributed by atoms with E-state index >= 15 is 0 Å². The van der Waals surface area contributed by atoms with Crippen LogP contribution in [0.5, 0.6) is 0 Å². The van der Waals surface area contributed by atoms with Crippen LogP contribution in [0.3, 0.4) is 0 Å². The van der Waals surface area contributed by atoms with E-state index in [4.69, 9.17) is 4.74 Å². The predicted molar refractivity (Wildman–Crippen MR) is 46.2 cm³/mol. The quantitative estimate of drug-likeness (QED) is 0.673. The average molecular weight is 167 g/mol. The maximum atomic E-state index is 10.9. The monoisotopic (exact) mass is 167 g/mol. The summed E-state index contributed by atoms with van der Waals surface area (Å²) >= 11 is 0. The van der Waals surface area contributed by atoms with Crippen molar-refractivity contribution in [2.45, 2.75) is 20.3 Å². The molecule has 1 rings (SSSR count). The fourth-order valence-corrected chi connectivity index (χ4v) is 1.06. The van der Waals surface area contributed by atoms with E-state index in [1.54, 1.807) is 0 Å². The molecule has 3 nitrogen and oxygen atoms in total. The number of hydrogen-bond acceptors (Lipinski definition) is 2. The van der Waals surface area contributed by atoms with Crippen molar-refractivity contribution in [3.8, 4) is 0 Å². The first kappa shape index (κ1) is 8.84. The van der Waals surface area contributed by atoms with Crippen molar-refractivity contribution >= 4 is 5.91 Å². The first-order chi connectivity index (χ1) is 5.77. The first-order valence-electron chi connectivity index (χ1n) is 4.06. The van der Waals surface area contributed by atoms with Gasteiger partial charge in [0.15, 0.2) is 6.61 Å². The SMILES string of the molecule is C/C=C\C1=C(CC)NC(=O)CO1. The maximum absolute atomic E-state index is 10.9. The minimum atomic E-state index is -0.0693. The van der Waals surface area contributed by atoms with Crippen LogP contribution in [0.15, 0.2) is 23.6 Å². The fraction of sp³-hybridized carbons (Fsp3) is 0.444. The summed E-state index contributed by atoms with van der Waals surface area (Å²) in [5.74, 6) is 0.708. The lowest BCUT2D eigenvalue weighted by Crippen LogP contribution is -2.32. The van der Waals surface area contributed by atoms with Gasteiger partial charge in [-0.15, -0.1) is 0 Å². The van der Waals surface area contributed by atoms with Crippen molar-refractivity contribution in [3.05, 3.63) is 23.6 Å². The topological polar surface area (TPSA) is 38.3 Å². The Kier molecular flexibility index (Phi) is 2.91. The molecule has 0 aromatic carbocycles. The van der Waals surface area contributed by atoms with Crippen molar-refractivity contribution in [2.24, 2.45) is 0 Å². The summed E-state index contributed by atoms with van der Waals surface area (Å²) in [5, 5.41) is 2.77. The van der Waals surface area contributed by atoms with Crippen molar-refractivity contribution in [2.75, 3.05) is 6.61 Å². The third kappa shape index (κ3) is 1.87. The van der Waals surface area contributed by atoms with Crippen LogP contribution in [-0.4, -0.2) is 12.5 Å². The van der Waals surface area contributed by atoms with Crippen LogP contribution in [0.25, 0.3) is 0 Å². The molecular formula is C9H13NO2. The van der Waals surface area contributed by atoms with Gasteiger partial charge in [0, 0.05) is 0 Å². The van der Waals surface area contributed by atoms with Gasteiger partial charge in [0.05, 0.1) is 5.70 Å². The van der Waals surface area contributed by atoms with Gasteiger partial charge in [0.1, 0.15) is 5.76 Å². The highest BCUT2D eigenvalue weighted by Crippen LogP contribution is 2.12. The molecule has 0 aromatic heterocycles. The van der Waals surface area contributed by atoms with Gasteiger partial charge in [0.25, 0.3) is 5.91 Å². The van der Waals surface area contributed by atoms with Gasteiger partial charge in [-0.2, -0.15) is 0 Å². The first-order valence-corrected chi connectivity index (χ1v) is 4.06. The third-order valence-electron chi connectivity index (χ3n) is 1.62. The molecule has 0 fully saturated rings. The van der Waals surface area contributed by atoms with Crippen LogP contribution in [0.2, 0.25) is 0 Å². The predicted octanol–water partition coefficient (Wildman–Crippen LogP) is 1.33. The summed E-state index contributed by atoms with van der Waals surface area (Å²) in [5.41, 5.74) is 0.865. The molecule has 1 heterocycles. The summed E-state index contributed by atoms with van der Waals surface area (Å²) in [6.45, 7) is 4.02. The van der Waals surface area contributed by atoms with Gasteiger partial charge in [-0.05, 0) is 19.4 Å². The minimum Gasteiger partial charge on any atom is -0.482 e. The molecule has 0 spiro atoms. The van der Waals surface area contributed by atoms with Gasteiger partial charge < -0.3 is 10.1 Å². The smallest absolute Gasteiger partial charge is 0.262 e. The Bertz CT molecular complexity index is 241. The molecule has 0 unspecified atom stereocenters. The minimum absolute atomic E-state index is 0.0693. The lowest BCUT2D eigenvalue weighted by molar-refractivity contribution is -0.125. The Labute approximate surface area is 72.1 Å². The van der Waals surface area contributed by atoms with Crippen molar-refractivity contribution in [3.63, 3.8) is 0 Å². The Morgan fingerprint density at radius 3 is 3.00 bits per heavy atom. The van der Waals surface area contributed by atoms with Gasteiger partial charge in [-0.1, -0.05) is 13.0 Å². The van der Waals surface area contributed by atoms with E-state index in [-0.39, 0.29) is 12.5 Å². The molecule has 0 bridgehead atoms. The number of ether oxygens (including phenoxy) is 1. The average Bonchev–Trinajstić information content (AvgIpc) is 2.08. The van der Waals surface area contributed by atoms with E-state index in [9.17, 15) is 4.79 Å². The van der Waals surface area contributed by atoms with Crippen molar-refractivity contribution in [1.82, 2.24) is 5.32 Å². The largest absolute Gasteiger partial charge is 0.482 e. The molecule has 1 aliphatic rings. The normalized spacial score (nSPS) is 18.0. The second-order valence-electron chi connectivity index (χ2n) is 2.53. The van der Waals surface area contributed by atoms with Gasteiger partial charge >= 0.3 is 0 Å². The molecule has 0 aromatic rings. The lowest BCUT2D eigenvalue weighted by Gasteiger charge is -2.18. The zero-order valence-electron chi connectivity index (χ0n) is 7.39. The zero-order chi connectivity index (χ0) is 8.97. The fourth-order valence-electron chi connectivity index (χ4n) is 1.06. The molecule has 1 aliphatic heterocycles. The lowest BCUT2D eigenvalue weighted by atomic mass is 10.2. The Hall–Kier alpha value is -1.25. The molecule has 0 saturated carbocycles. The van der Waals surface area contributed by atoms with Crippen LogP contribution < -0.4 is 5.32 Å². The number of carbonyl (C=O) groups excluding carboxylic acids is 1. The highest BCUT2D eigenvalue weighted by atomic mass is 16.5. The maximum Gasteiger partial charge on any atom is 0.262 e. The molecule has 66 valence electrons. The number of hydrogen-bond donors (Lipinski definition) is 1. The zero-order valence-corrected chi connectivity index (χ0v) is 7.39. The van der Waals surface area contributed by atoms with E-state index in [2.05, 4.69) is 5.32 Å². The second kappa shape index (κ2) is 3.95. The Morgan fingerprint density at radius 1 is 1.67 bits per heavy atom. The van der Waals surface area contributed by atoms with Crippen LogP contribution in [0, 0.1) is 0 Å². The van der Waals surface area contributed by atoms with E-state index in [1.165, 1.54) is 0 Å². The molecular weight excluding hydrogens is 154 g/mol. The highest BCUT2D eigenvalue weighted by molar-refractivity contribution is 5.80. The molecule has 1 N–H and O–H groups in total. The second-order valence-corrected chi connectivity index (χ2v) is 2.53. The van der Waals surface area contributed by atoms with Gasteiger partial charge in [-0.25, -0.2) is 0 Å². The number of rotatable bonds is 2. The number of amides is 1. The molecule has 0 radical (unpaired) electrons. The standard InChI is InChI=1S/C9H13NO2/c1-3-5-8-7(4-2)10-9(11)6-12-8/h3,5H,4,6H2,1-2H3,(H,10,11)/b5-3-. The van der Waals surface area contributed by atoms with Gasteiger partial charge in [-0.3, -0.25) is 4.79 Å². The summed E-state index contributed by atoms with van der Waals surface area (Å²) < 4.78 is 5.21. The molecule has 0 atom stereocenters. The third-order valence-corrected chi connectivity index (χ3v) is 1.62. The van der Waals surface area contributed by atoms with Crippen LogP contribution in [0.1, 0.15) is 20.3 Å². The summed E-state index contributed by atoms with van der Waals surface area (Å²) in [7, 11) is 0. The van der Waals surface area contributed by atoms with Crippen LogP contribution in [-0.2, 0) is 9.53 Å². The van der Waals surface area contributed by atoms with E-state index in [1.807, 2.05) is 26.0 Å². The summed E-state index contributed by atoms with van der Waals surface area (Å²) in [6.07, 6.45) is 4.53. The highest BCUT2D eigenvalue weighted by Gasteiger charge is 2.14. The Morgan fingerprint density at radius 2 is 2.42 bits per heavy atom. The van der Waals surface area contributed by atoms with Crippen molar-refractivity contribution in [1.29, 1.82) is 0 Å². The summed E-state index contributed by atoms with van der Waals surface area (Å²) in [6, 6.07) is 0. The van der Waals surface area contributed by atoms with Crippen molar-refractivity contribution < 1.29 is 9.53 Å². The van der Waals surface area contributed by atoms with Crippen LogP contribution >= 0.6 is 0 Å². The Balaban J connectivity index is 2.83. The van der Waals surface area contributed by atoms with E-state index in [0.717, 1.165) is 17.9 Å². The number of allylic oxidation sites excluding steroid dienone is 3. The van der Waals surface area contributed by atoms with Crippen LogP contribution in [0.4, 0.5) is 0 Å². The van der Waals surface area contributed by atoms with Gasteiger partial charge in [0.2, 0.25) is 0 Å². The molecule has 3 heteroatoms. The number of carbonyl (C=O) groups is 1. The van der Waals surface area contributed by atoms with E-state index < -0.39 is 0 Å². The van der Waals surface area contributed by atoms with E-state index in [0.29, 0.717) is 0 Å². The summed E-state index contributed by atoms with van der Waals surface area (Å²) in [4.78, 5) is 10.9. The molecule has 1 amide bonds. The molecule has 0 aliphatic carbocycles. The molecule has 12 heavy (non-hydrogen) atoms.